The van der Waals surface area contributed by atoms with Crippen molar-refractivity contribution in [1.82, 2.24) is 0 Å². The number of hydrogen-bond acceptors (Lipinski definition) is 4. The van der Waals surface area contributed by atoms with Gasteiger partial charge in [-0.2, -0.15) is 0 Å². The summed E-state index contributed by atoms with van der Waals surface area (Å²) in [4.78, 5) is 0. The monoisotopic (exact) mass is 372 g/mol. The molecule has 7 heteroatoms. The third kappa shape index (κ3) is 2.87. The Hall–Kier alpha value is -1.66. The summed E-state index contributed by atoms with van der Waals surface area (Å²) >= 11 is 9.32. The Labute approximate surface area is 134 Å². The number of rotatable bonds is 2. The van der Waals surface area contributed by atoms with Crippen molar-refractivity contribution in [2.75, 3.05) is 24.3 Å². The van der Waals surface area contributed by atoms with E-state index in [1.54, 1.807) is 12.1 Å². The molecule has 0 radical (unpaired) electrons. The molecule has 1 heterocycles. The van der Waals surface area contributed by atoms with Gasteiger partial charge in [0.1, 0.15) is 19.0 Å². The van der Waals surface area contributed by atoms with Crippen molar-refractivity contribution in [3.8, 4) is 11.5 Å². The van der Waals surface area contributed by atoms with Gasteiger partial charge in [-0.3, -0.25) is 0 Å². The lowest BCUT2D eigenvalue weighted by Gasteiger charge is -2.21. The van der Waals surface area contributed by atoms with Crippen LogP contribution in [0.5, 0.6) is 11.5 Å². The zero-order valence-corrected chi connectivity index (χ0v) is 13.1. The van der Waals surface area contributed by atoms with E-state index in [2.05, 4.69) is 21.2 Å². The fourth-order valence-corrected chi connectivity index (χ4v) is 2.91. The van der Waals surface area contributed by atoms with Gasteiger partial charge in [-0.05, 0) is 28.1 Å². The molecule has 0 spiro atoms. The smallest absolute Gasteiger partial charge is 0.163 e. The predicted molar refractivity (Wildman–Crippen MR) is 84.2 cm³/mol. The van der Waals surface area contributed by atoms with Crippen molar-refractivity contribution in [3.63, 3.8) is 0 Å². The Bertz CT molecular complexity index is 689. The first kappa shape index (κ1) is 14.3. The van der Waals surface area contributed by atoms with Gasteiger partial charge in [0.15, 0.2) is 11.5 Å². The normalized spacial score (nSPS) is 13.1. The third-order valence-electron chi connectivity index (χ3n) is 2.98. The number of fused-ring (bicyclic) bond motifs is 1. The van der Waals surface area contributed by atoms with Gasteiger partial charge in [0.25, 0.3) is 0 Å². The summed E-state index contributed by atoms with van der Waals surface area (Å²) in [5, 5.41) is 3.33. The Balaban J connectivity index is 1.99. The number of hydrogen-bond donors (Lipinski definition) is 2. The number of halogens is 3. The highest BCUT2D eigenvalue weighted by atomic mass is 79.9. The van der Waals surface area contributed by atoms with Gasteiger partial charge in [-0.15, -0.1) is 0 Å². The molecule has 0 aliphatic carbocycles. The summed E-state index contributed by atoms with van der Waals surface area (Å²) in [6.07, 6.45) is 0. The average Bonchev–Trinajstić information content (AvgIpc) is 2.43. The molecule has 1 aliphatic heterocycles. The summed E-state index contributed by atoms with van der Waals surface area (Å²) in [6, 6.07) is 5.96. The molecule has 3 rings (SSSR count). The van der Waals surface area contributed by atoms with Crippen LogP contribution in [0, 0.1) is 5.82 Å². The molecule has 110 valence electrons. The van der Waals surface area contributed by atoms with E-state index in [9.17, 15) is 4.39 Å². The maximum Gasteiger partial charge on any atom is 0.163 e. The van der Waals surface area contributed by atoms with Crippen LogP contribution in [0.3, 0.4) is 0 Å². The second-order valence-corrected chi connectivity index (χ2v) is 5.71. The Morgan fingerprint density at radius 2 is 1.81 bits per heavy atom. The molecule has 0 bridgehead atoms. The molecule has 0 amide bonds. The van der Waals surface area contributed by atoms with Gasteiger partial charge < -0.3 is 20.5 Å². The zero-order chi connectivity index (χ0) is 15.0. The number of anilines is 3. The van der Waals surface area contributed by atoms with Crippen LogP contribution in [0.4, 0.5) is 21.5 Å². The third-order valence-corrected chi connectivity index (χ3v) is 3.90. The molecule has 1 aliphatic rings. The molecule has 0 saturated carbocycles. The molecule has 2 aromatic carbocycles. The second kappa shape index (κ2) is 5.61. The summed E-state index contributed by atoms with van der Waals surface area (Å²) in [5.74, 6) is 0.786. The van der Waals surface area contributed by atoms with Crippen LogP contribution in [-0.4, -0.2) is 13.2 Å². The minimum atomic E-state index is -0.424. The molecular formula is C14H11BrClFN2O2. The predicted octanol–water partition coefficient (Wildman–Crippen LogP) is 4.34. The Kier molecular flexibility index (Phi) is 3.82. The summed E-state index contributed by atoms with van der Waals surface area (Å²) in [7, 11) is 0. The largest absolute Gasteiger partial charge is 0.486 e. The lowest BCUT2D eigenvalue weighted by atomic mass is 10.2. The zero-order valence-electron chi connectivity index (χ0n) is 10.8. The maximum absolute atomic E-state index is 13.2. The van der Waals surface area contributed by atoms with Gasteiger partial charge >= 0.3 is 0 Å². The van der Waals surface area contributed by atoms with Crippen molar-refractivity contribution in [3.05, 3.63) is 39.6 Å². The SMILES string of the molecule is Nc1cc2c(cc1Nc1c(Cl)cc(F)cc1Br)OCCO2. The van der Waals surface area contributed by atoms with Crippen LogP contribution in [0.2, 0.25) is 5.02 Å². The van der Waals surface area contributed by atoms with Crippen molar-refractivity contribution >= 4 is 44.6 Å². The van der Waals surface area contributed by atoms with Crippen LogP contribution in [0.15, 0.2) is 28.7 Å². The Morgan fingerprint density at radius 3 is 2.48 bits per heavy atom. The average molecular weight is 374 g/mol. The number of nitrogen functional groups attached to an aromatic ring is 1. The molecule has 0 aromatic heterocycles. The maximum atomic E-state index is 13.2. The van der Waals surface area contributed by atoms with Crippen LogP contribution < -0.4 is 20.5 Å². The van der Waals surface area contributed by atoms with Crippen LogP contribution >= 0.6 is 27.5 Å². The van der Waals surface area contributed by atoms with E-state index in [1.807, 2.05) is 0 Å². The number of nitrogens with two attached hydrogens (primary N) is 1. The quantitative estimate of drug-likeness (QED) is 0.769. The summed E-state index contributed by atoms with van der Waals surface area (Å²) in [6.45, 7) is 0.978. The van der Waals surface area contributed by atoms with E-state index in [4.69, 9.17) is 26.8 Å². The molecular weight excluding hydrogens is 363 g/mol. The molecule has 0 saturated heterocycles. The van der Waals surface area contributed by atoms with Crippen LogP contribution in [-0.2, 0) is 0 Å². The molecule has 21 heavy (non-hydrogen) atoms. The van der Waals surface area contributed by atoms with Crippen LogP contribution in [0.25, 0.3) is 0 Å². The first-order chi connectivity index (χ1) is 10.0. The highest BCUT2D eigenvalue weighted by molar-refractivity contribution is 9.10. The lowest BCUT2D eigenvalue weighted by Crippen LogP contribution is -2.15. The van der Waals surface area contributed by atoms with Gasteiger partial charge in [0.2, 0.25) is 0 Å². The molecule has 0 fully saturated rings. The van der Waals surface area contributed by atoms with E-state index in [1.165, 1.54) is 12.1 Å². The first-order valence-electron chi connectivity index (χ1n) is 6.15. The van der Waals surface area contributed by atoms with Crippen molar-refractivity contribution in [1.29, 1.82) is 0 Å². The fraction of sp³-hybridized carbons (Fsp3) is 0.143. The van der Waals surface area contributed by atoms with Gasteiger partial charge in [0.05, 0.1) is 22.1 Å². The number of nitrogens with one attached hydrogen (secondary N) is 1. The van der Waals surface area contributed by atoms with Gasteiger partial charge in [-0.25, -0.2) is 4.39 Å². The molecule has 4 nitrogen and oxygen atoms in total. The Morgan fingerprint density at radius 1 is 1.14 bits per heavy atom. The molecule has 0 atom stereocenters. The second-order valence-electron chi connectivity index (χ2n) is 4.45. The van der Waals surface area contributed by atoms with Crippen molar-refractivity contribution < 1.29 is 13.9 Å². The first-order valence-corrected chi connectivity index (χ1v) is 7.32. The number of ether oxygens (including phenoxy) is 2. The summed E-state index contributed by atoms with van der Waals surface area (Å²) < 4.78 is 24.7. The van der Waals surface area contributed by atoms with Crippen LogP contribution in [0.1, 0.15) is 0 Å². The topological polar surface area (TPSA) is 56.5 Å². The highest BCUT2D eigenvalue weighted by Gasteiger charge is 2.16. The van der Waals surface area contributed by atoms with E-state index in [-0.39, 0.29) is 5.02 Å². The summed E-state index contributed by atoms with van der Waals surface area (Å²) in [5.41, 5.74) is 7.60. The van der Waals surface area contributed by atoms with E-state index >= 15 is 0 Å². The fourth-order valence-electron chi connectivity index (χ4n) is 2.01. The van der Waals surface area contributed by atoms with E-state index in [0.717, 1.165) is 0 Å². The van der Waals surface area contributed by atoms with Gasteiger partial charge in [-0.1, -0.05) is 11.6 Å². The molecule has 2 aromatic rings. The van der Waals surface area contributed by atoms with Crippen molar-refractivity contribution in [2.45, 2.75) is 0 Å². The van der Waals surface area contributed by atoms with E-state index < -0.39 is 5.82 Å². The minimum absolute atomic E-state index is 0.246. The molecule has 3 N–H and O–H groups in total. The molecule has 0 unspecified atom stereocenters. The van der Waals surface area contributed by atoms with Crippen molar-refractivity contribution in [2.24, 2.45) is 0 Å². The standard InChI is InChI=1S/C14H11BrClFN2O2/c15-8-3-7(17)4-9(16)14(8)19-11-6-13-12(5-10(11)18)20-1-2-21-13/h3-6,19H,1-2,18H2. The number of benzene rings is 2. The minimum Gasteiger partial charge on any atom is -0.486 e. The highest BCUT2D eigenvalue weighted by Crippen LogP contribution is 2.40. The van der Waals surface area contributed by atoms with E-state index in [0.29, 0.717) is 46.2 Å². The van der Waals surface area contributed by atoms with Gasteiger partial charge in [0, 0.05) is 16.6 Å². The lowest BCUT2D eigenvalue weighted by molar-refractivity contribution is 0.172.